The molecule has 0 unspecified atom stereocenters. The number of H-pyrrole nitrogens is 1. The van der Waals surface area contributed by atoms with Gasteiger partial charge in [-0.2, -0.15) is 0 Å². The fraction of sp³-hybridized carbons (Fsp3) is 0.250. The van der Waals surface area contributed by atoms with Gasteiger partial charge in [0.1, 0.15) is 4.83 Å². The summed E-state index contributed by atoms with van der Waals surface area (Å²) in [6.07, 6.45) is 1.80. The van der Waals surface area contributed by atoms with E-state index in [0.29, 0.717) is 22.8 Å². The first-order chi connectivity index (χ1) is 16.0. The van der Waals surface area contributed by atoms with Crippen molar-refractivity contribution in [2.24, 2.45) is 0 Å². The van der Waals surface area contributed by atoms with E-state index in [-0.39, 0.29) is 0 Å². The van der Waals surface area contributed by atoms with Crippen molar-refractivity contribution >= 4 is 61.4 Å². The molecule has 0 radical (unpaired) electrons. The molecule has 0 aliphatic carbocycles. The second-order valence-corrected chi connectivity index (χ2v) is 9.77. The van der Waals surface area contributed by atoms with E-state index in [0.717, 1.165) is 57.7 Å². The third-order valence-electron chi connectivity index (χ3n) is 6.31. The Hall–Kier alpha value is -3.56. The lowest BCUT2D eigenvalue weighted by molar-refractivity contribution is -0.122. The van der Waals surface area contributed by atoms with Gasteiger partial charge in [0.15, 0.2) is 0 Å². The predicted octanol–water partition coefficient (Wildman–Crippen LogP) is 2.80. The summed E-state index contributed by atoms with van der Waals surface area (Å²) in [6, 6.07) is 9.69. The third-order valence-corrected chi connectivity index (χ3v) is 7.29. The number of benzene rings is 1. The van der Waals surface area contributed by atoms with Gasteiger partial charge in [0, 0.05) is 53.6 Å². The zero-order valence-electron chi connectivity index (χ0n) is 18.3. The van der Waals surface area contributed by atoms with Crippen molar-refractivity contribution in [2.45, 2.75) is 6.92 Å². The fourth-order valence-electron chi connectivity index (χ4n) is 4.58. The molecule has 0 spiro atoms. The molecule has 2 aliphatic heterocycles. The zero-order valence-corrected chi connectivity index (χ0v) is 19.1. The van der Waals surface area contributed by atoms with Gasteiger partial charge in [0.2, 0.25) is 5.95 Å². The molecule has 1 saturated heterocycles. The highest BCUT2D eigenvalue weighted by Crippen LogP contribution is 2.39. The van der Waals surface area contributed by atoms with E-state index in [9.17, 15) is 9.59 Å². The van der Waals surface area contributed by atoms with Crippen LogP contribution in [0.4, 0.5) is 5.95 Å². The Morgan fingerprint density at radius 1 is 0.970 bits per heavy atom. The van der Waals surface area contributed by atoms with E-state index in [1.165, 1.54) is 0 Å². The minimum Gasteiger partial charge on any atom is -0.352 e. The molecule has 6 rings (SSSR count). The number of thiophene rings is 1. The van der Waals surface area contributed by atoms with Crippen molar-refractivity contribution in [1.82, 2.24) is 25.2 Å². The normalized spacial score (nSPS) is 17.6. The van der Waals surface area contributed by atoms with E-state index in [1.54, 1.807) is 17.5 Å². The van der Waals surface area contributed by atoms with E-state index >= 15 is 0 Å². The number of para-hydroxylation sites is 1. The molecule has 0 bridgehead atoms. The van der Waals surface area contributed by atoms with Crippen molar-refractivity contribution in [1.29, 1.82) is 0 Å². The largest absolute Gasteiger partial charge is 0.352 e. The van der Waals surface area contributed by atoms with Gasteiger partial charge < -0.3 is 14.8 Å². The van der Waals surface area contributed by atoms with Crippen LogP contribution in [0.25, 0.3) is 32.3 Å². The summed E-state index contributed by atoms with van der Waals surface area (Å²) in [6.45, 7) is 5.46. The van der Waals surface area contributed by atoms with Crippen LogP contribution in [0.15, 0.2) is 36.5 Å². The maximum atomic E-state index is 13.1. The van der Waals surface area contributed by atoms with Crippen LogP contribution in [-0.4, -0.2) is 64.9 Å². The lowest BCUT2D eigenvalue weighted by atomic mass is 9.97. The van der Waals surface area contributed by atoms with Crippen molar-refractivity contribution in [2.75, 3.05) is 38.1 Å². The minimum absolute atomic E-state index is 0.304. The Kier molecular flexibility index (Phi) is 4.56. The number of aromatic nitrogens is 3. The van der Waals surface area contributed by atoms with Crippen molar-refractivity contribution in [3.8, 4) is 0 Å². The van der Waals surface area contributed by atoms with Gasteiger partial charge >= 0.3 is 0 Å². The Morgan fingerprint density at radius 3 is 2.55 bits per heavy atom. The van der Waals surface area contributed by atoms with Crippen LogP contribution in [0.3, 0.4) is 0 Å². The van der Waals surface area contributed by atoms with E-state index in [4.69, 9.17) is 9.97 Å². The number of amides is 2. The summed E-state index contributed by atoms with van der Waals surface area (Å²) in [7, 11) is 2.10. The molecule has 5 heterocycles. The molecule has 2 N–H and O–H groups in total. The molecule has 3 aromatic heterocycles. The molecule has 0 saturated carbocycles. The summed E-state index contributed by atoms with van der Waals surface area (Å²) in [5.41, 5.74) is 2.63. The molecule has 1 aromatic carbocycles. The van der Waals surface area contributed by atoms with Crippen LogP contribution in [-0.2, 0) is 9.59 Å². The number of hydrogen-bond donors (Lipinski definition) is 2. The van der Waals surface area contributed by atoms with Crippen LogP contribution < -0.4 is 10.2 Å². The molecule has 4 aromatic rings. The van der Waals surface area contributed by atoms with Crippen LogP contribution >= 0.6 is 11.3 Å². The Balaban J connectivity index is 1.60. The number of anilines is 1. The zero-order chi connectivity index (χ0) is 22.7. The van der Waals surface area contributed by atoms with Gasteiger partial charge in [-0.1, -0.05) is 18.2 Å². The number of hydrogen-bond acceptors (Lipinski definition) is 7. The first kappa shape index (κ1) is 20.1. The number of nitrogens with zero attached hydrogens (tertiary/aromatic N) is 4. The Morgan fingerprint density at radius 2 is 1.73 bits per heavy atom. The van der Waals surface area contributed by atoms with Crippen molar-refractivity contribution < 1.29 is 9.59 Å². The SMILES string of the molecule is Cc1cc2c(C3=C(c4nc(N5CCN(C)CC5)nc5ccccc45)C(=O)NC3=O)c[nH]c2s1. The molecule has 9 heteroatoms. The highest BCUT2D eigenvalue weighted by atomic mass is 32.1. The quantitative estimate of drug-likeness (QED) is 0.459. The number of aromatic amines is 1. The molecule has 0 atom stereocenters. The fourth-order valence-corrected chi connectivity index (χ4v) is 5.48. The maximum absolute atomic E-state index is 13.1. The van der Waals surface area contributed by atoms with Gasteiger partial charge in [0.05, 0.1) is 22.4 Å². The number of rotatable bonds is 3. The van der Waals surface area contributed by atoms with E-state index in [2.05, 4.69) is 27.1 Å². The molecule has 2 aliphatic rings. The number of piperazine rings is 1. The molecular weight excluding hydrogens is 436 g/mol. The van der Waals surface area contributed by atoms with E-state index < -0.39 is 11.8 Å². The highest BCUT2D eigenvalue weighted by Gasteiger charge is 2.36. The van der Waals surface area contributed by atoms with Crippen LogP contribution in [0, 0.1) is 6.92 Å². The first-order valence-corrected chi connectivity index (χ1v) is 11.7. The topological polar surface area (TPSA) is 94.2 Å². The number of carbonyl (C=O) groups is 2. The van der Waals surface area contributed by atoms with Crippen molar-refractivity contribution in [3.63, 3.8) is 0 Å². The highest BCUT2D eigenvalue weighted by molar-refractivity contribution is 7.18. The van der Waals surface area contributed by atoms with Crippen LogP contribution in [0.1, 0.15) is 16.1 Å². The predicted molar refractivity (Wildman–Crippen MR) is 130 cm³/mol. The van der Waals surface area contributed by atoms with E-state index in [1.807, 2.05) is 37.3 Å². The summed E-state index contributed by atoms with van der Waals surface area (Å²) >= 11 is 1.62. The number of nitrogens with one attached hydrogen (secondary N) is 2. The van der Waals surface area contributed by atoms with Crippen LogP contribution in [0.5, 0.6) is 0 Å². The number of aryl methyl sites for hydroxylation is 1. The number of imide groups is 1. The lowest BCUT2D eigenvalue weighted by Gasteiger charge is -2.32. The maximum Gasteiger partial charge on any atom is 0.261 e. The molecule has 33 heavy (non-hydrogen) atoms. The number of likely N-dealkylation sites (N-methyl/N-ethyl adjacent to an activating group) is 1. The summed E-state index contributed by atoms with van der Waals surface area (Å²) in [5, 5.41) is 4.19. The standard InChI is InChI=1S/C24H22N6O2S/c1-13-11-15-16(12-25-23(15)33-13)18-19(22(32)28-21(18)31)20-14-5-3-4-6-17(14)26-24(27-20)30-9-7-29(2)8-10-30/h3-6,11-12,25H,7-10H2,1-2H3,(H,28,31,32). The van der Waals surface area contributed by atoms with Crippen molar-refractivity contribution in [3.05, 3.63) is 52.7 Å². The summed E-state index contributed by atoms with van der Waals surface area (Å²) < 4.78 is 0. The molecular formula is C24H22N6O2S. The van der Waals surface area contributed by atoms with Crippen LogP contribution in [0.2, 0.25) is 0 Å². The van der Waals surface area contributed by atoms with Gasteiger partial charge in [-0.15, -0.1) is 11.3 Å². The monoisotopic (exact) mass is 458 g/mol. The lowest BCUT2D eigenvalue weighted by Crippen LogP contribution is -2.45. The first-order valence-electron chi connectivity index (χ1n) is 10.9. The van der Waals surface area contributed by atoms with Gasteiger partial charge in [0.25, 0.3) is 11.8 Å². The average molecular weight is 459 g/mol. The molecule has 8 nitrogen and oxygen atoms in total. The molecule has 166 valence electrons. The average Bonchev–Trinajstić information content (AvgIpc) is 3.44. The number of carbonyl (C=O) groups excluding carboxylic acids is 2. The smallest absolute Gasteiger partial charge is 0.261 e. The summed E-state index contributed by atoms with van der Waals surface area (Å²) in [4.78, 5) is 45.6. The minimum atomic E-state index is -0.426. The summed E-state index contributed by atoms with van der Waals surface area (Å²) in [5.74, 6) is -0.241. The molecule has 2 amide bonds. The second-order valence-electron chi connectivity index (χ2n) is 8.52. The van der Waals surface area contributed by atoms with Gasteiger partial charge in [-0.3, -0.25) is 14.9 Å². The van der Waals surface area contributed by atoms with Gasteiger partial charge in [-0.05, 0) is 26.1 Å². The third kappa shape index (κ3) is 3.23. The van der Waals surface area contributed by atoms with Gasteiger partial charge in [-0.25, -0.2) is 9.97 Å². The Bertz CT molecular complexity index is 1470. The number of fused-ring (bicyclic) bond motifs is 2. The second kappa shape index (κ2) is 7.50. The molecule has 1 fully saturated rings. The Labute approximate surface area is 193 Å².